The molecule has 0 amide bonds. The van der Waals surface area contributed by atoms with Crippen LogP contribution < -0.4 is 0 Å². The molecular formula is C41H24N2O. The van der Waals surface area contributed by atoms with Crippen molar-refractivity contribution in [2.75, 3.05) is 0 Å². The lowest BCUT2D eigenvalue weighted by Crippen LogP contribution is -2.12. The van der Waals surface area contributed by atoms with Crippen LogP contribution in [0, 0.1) is 0 Å². The highest BCUT2D eigenvalue weighted by Crippen LogP contribution is 2.44. The number of hydrogen-bond donors (Lipinski definition) is 0. The first-order chi connectivity index (χ1) is 21.8. The molecule has 0 bridgehead atoms. The molecule has 0 saturated heterocycles. The van der Waals surface area contributed by atoms with Crippen molar-refractivity contribution >= 4 is 60.2 Å². The van der Waals surface area contributed by atoms with Crippen LogP contribution in [0.2, 0.25) is 0 Å². The van der Waals surface area contributed by atoms with Gasteiger partial charge in [0, 0.05) is 49.1 Å². The van der Waals surface area contributed by atoms with E-state index in [1.165, 1.54) is 21.5 Å². The van der Waals surface area contributed by atoms with E-state index in [0.29, 0.717) is 0 Å². The van der Waals surface area contributed by atoms with Gasteiger partial charge in [-0.2, -0.15) is 0 Å². The van der Waals surface area contributed by atoms with E-state index in [4.69, 9.17) is 0 Å². The summed E-state index contributed by atoms with van der Waals surface area (Å²) in [5.41, 5.74) is 10.3. The van der Waals surface area contributed by atoms with E-state index < -0.39 is 0 Å². The standard InChI is InChI=1S/C41H24N2O/c44-41-33-15-9-14-32-39(43-37-18-7-3-12-29(37)30-13-4-8-19-38(30)43)23-22-31(40(32)33)26-21-20-25(24-34(26)41)42-35-16-5-1-10-27(35)28-11-2-6-17-36(28)42/h1-24H. The van der Waals surface area contributed by atoms with E-state index in [1.54, 1.807) is 0 Å². The summed E-state index contributed by atoms with van der Waals surface area (Å²) < 4.78 is 4.62. The van der Waals surface area contributed by atoms with Gasteiger partial charge in [0.15, 0.2) is 5.78 Å². The van der Waals surface area contributed by atoms with Gasteiger partial charge in [0.25, 0.3) is 0 Å². The van der Waals surface area contributed by atoms with E-state index >= 15 is 0 Å². The Bertz CT molecular complexity index is 2580. The van der Waals surface area contributed by atoms with Crippen molar-refractivity contribution in [3.05, 3.63) is 157 Å². The molecule has 44 heavy (non-hydrogen) atoms. The molecule has 2 aromatic heterocycles. The van der Waals surface area contributed by atoms with Gasteiger partial charge in [0.05, 0.1) is 27.8 Å². The normalized spacial score (nSPS) is 12.6. The van der Waals surface area contributed by atoms with Gasteiger partial charge >= 0.3 is 0 Å². The average Bonchev–Trinajstić information content (AvgIpc) is 3.60. The number of para-hydroxylation sites is 4. The number of ketones is 1. The predicted octanol–water partition coefficient (Wildman–Crippen LogP) is 10.2. The lowest BCUT2D eigenvalue weighted by atomic mass is 9.82. The summed E-state index contributed by atoms with van der Waals surface area (Å²) >= 11 is 0. The third-order valence-electron chi connectivity index (χ3n) is 9.46. The molecule has 0 saturated carbocycles. The maximum Gasteiger partial charge on any atom is 0.194 e. The van der Waals surface area contributed by atoms with Crippen LogP contribution >= 0.6 is 0 Å². The van der Waals surface area contributed by atoms with E-state index in [0.717, 1.165) is 66.5 Å². The molecule has 0 radical (unpaired) electrons. The van der Waals surface area contributed by atoms with Crippen LogP contribution in [-0.2, 0) is 0 Å². The fraction of sp³-hybridized carbons (Fsp3) is 0. The Morgan fingerprint density at radius 2 is 0.864 bits per heavy atom. The van der Waals surface area contributed by atoms with Crippen LogP contribution in [0.1, 0.15) is 15.9 Å². The number of aromatic nitrogens is 2. The molecule has 3 nitrogen and oxygen atoms in total. The number of fused-ring (bicyclic) bond motifs is 8. The molecular weight excluding hydrogens is 536 g/mol. The summed E-state index contributed by atoms with van der Waals surface area (Å²) in [6, 6.07) is 51.1. The van der Waals surface area contributed by atoms with Gasteiger partial charge in [-0.25, -0.2) is 0 Å². The van der Waals surface area contributed by atoms with Crippen LogP contribution in [-0.4, -0.2) is 14.9 Å². The molecule has 3 heteroatoms. The summed E-state index contributed by atoms with van der Waals surface area (Å²) in [6.45, 7) is 0. The lowest BCUT2D eigenvalue weighted by molar-refractivity contribution is 0.104. The van der Waals surface area contributed by atoms with Gasteiger partial charge in [0.1, 0.15) is 0 Å². The van der Waals surface area contributed by atoms with Crippen LogP contribution in [0.4, 0.5) is 0 Å². The van der Waals surface area contributed by atoms with Crippen molar-refractivity contribution < 1.29 is 4.79 Å². The van der Waals surface area contributed by atoms with Gasteiger partial charge in [-0.3, -0.25) is 4.79 Å². The van der Waals surface area contributed by atoms with Crippen LogP contribution in [0.25, 0.3) is 76.9 Å². The van der Waals surface area contributed by atoms with E-state index in [2.05, 4.69) is 143 Å². The number of carbonyl (C=O) groups is 1. The van der Waals surface area contributed by atoms with Crippen LogP contribution in [0.15, 0.2) is 146 Å². The lowest BCUT2D eigenvalue weighted by Gasteiger charge is -2.23. The first-order valence-corrected chi connectivity index (χ1v) is 15.0. The topological polar surface area (TPSA) is 26.9 Å². The third-order valence-corrected chi connectivity index (χ3v) is 9.46. The smallest absolute Gasteiger partial charge is 0.194 e. The minimum absolute atomic E-state index is 0.0695. The van der Waals surface area contributed by atoms with Gasteiger partial charge in [-0.1, -0.05) is 103 Å². The molecule has 0 spiro atoms. The van der Waals surface area contributed by atoms with E-state index in [9.17, 15) is 4.79 Å². The third kappa shape index (κ3) is 2.98. The molecule has 0 atom stereocenters. The first-order valence-electron chi connectivity index (χ1n) is 15.0. The van der Waals surface area contributed by atoms with E-state index in [-0.39, 0.29) is 5.78 Å². The molecule has 0 aliphatic heterocycles. The number of hydrogen-bond acceptors (Lipinski definition) is 1. The Morgan fingerprint density at radius 3 is 1.45 bits per heavy atom. The Hall–Kier alpha value is -5.93. The fourth-order valence-electron chi connectivity index (χ4n) is 7.62. The summed E-state index contributed by atoms with van der Waals surface area (Å²) in [5, 5.41) is 6.97. The molecule has 2 heterocycles. The summed E-state index contributed by atoms with van der Waals surface area (Å²) in [7, 11) is 0. The first kappa shape index (κ1) is 23.6. The van der Waals surface area contributed by atoms with Gasteiger partial charge < -0.3 is 9.13 Å². The predicted molar refractivity (Wildman–Crippen MR) is 181 cm³/mol. The van der Waals surface area contributed by atoms with Crippen molar-refractivity contribution in [2.24, 2.45) is 0 Å². The summed E-state index contributed by atoms with van der Waals surface area (Å²) in [5.74, 6) is 0.0695. The number of benzene rings is 7. The second-order valence-electron chi connectivity index (χ2n) is 11.7. The monoisotopic (exact) mass is 560 g/mol. The summed E-state index contributed by atoms with van der Waals surface area (Å²) in [6.07, 6.45) is 0. The molecule has 0 unspecified atom stereocenters. The Balaban J connectivity index is 1.23. The Kier molecular flexibility index (Phi) is 4.59. The Morgan fingerprint density at radius 1 is 0.364 bits per heavy atom. The zero-order valence-electron chi connectivity index (χ0n) is 23.7. The van der Waals surface area contributed by atoms with Gasteiger partial charge in [0.2, 0.25) is 0 Å². The minimum Gasteiger partial charge on any atom is -0.309 e. The molecule has 1 aliphatic carbocycles. The van der Waals surface area contributed by atoms with Crippen LogP contribution in [0.5, 0.6) is 0 Å². The second kappa shape index (κ2) is 8.56. The average molecular weight is 561 g/mol. The van der Waals surface area contributed by atoms with Crippen molar-refractivity contribution in [3.8, 4) is 22.5 Å². The molecule has 7 aromatic carbocycles. The minimum atomic E-state index is 0.0695. The summed E-state index contributed by atoms with van der Waals surface area (Å²) in [4.78, 5) is 14.3. The highest BCUT2D eigenvalue weighted by atomic mass is 16.1. The molecule has 204 valence electrons. The number of nitrogens with zero attached hydrogens (tertiary/aromatic N) is 2. The van der Waals surface area contributed by atoms with Gasteiger partial charge in [-0.05, 0) is 53.6 Å². The van der Waals surface area contributed by atoms with Gasteiger partial charge in [-0.15, -0.1) is 0 Å². The quantitative estimate of drug-likeness (QED) is 0.207. The maximum absolute atomic E-state index is 14.3. The zero-order valence-corrected chi connectivity index (χ0v) is 23.7. The second-order valence-corrected chi connectivity index (χ2v) is 11.7. The molecule has 0 N–H and O–H groups in total. The molecule has 1 aliphatic rings. The SMILES string of the molecule is O=C1c2cc(-n3c4ccccc4c4ccccc43)ccc2-c2ccc(-n3c4ccccc4c4ccccc43)c3cccc1c23. The fourth-order valence-corrected chi connectivity index (χ4v) is 7.62. The molecule has 9 aromatic rings. The van der Waals surface area contributed by atoms with Crippen LogP contribution in [0.3, 0.4) is 0 Å². The van der Waals surface area contributed by atoms with Crippen molar-refractivity contribution in [3.63, 3.8) is 0 Å². The number of carbonyl (C=O) groups excluding carboxylic acids is 1. The van der Waals surface area contributed by atoms with Crippen molar-refractivity contribution in [1.29, 1.82) is 0 Å². The highest BCUT2D eigenvalue weighted by Gasteiger charge is 2.28. The Labute approximate surface area is 252 Å². The highest BCUT2D eigenvalue weighted by molar-refractivity contribution is 6.27. The molecule has 10 rings (SSSR count). The van der Waals surface area contributed by atoms with E-state index in [1.807, 2.05) is 12.1 Å². The van der Waals surface area contributed by atoms with Crippen molar-refractivity contribution in [2.45, 2.75) is 0 Å². The zero-order chi connectivity index (χ0) is 28.9. The number of rotatable bonds is 2. The molecule has 0 fully saturated rings. The largest absolute Gasteiger partial charge is 0.309 e. The maximum atomic E-state index is 14.3. The van der Waals surface area contributed by atoms with Crippen molar-refractivity contribution in [1.82, 2.24) is 9.13 Å².